The number of benzene rings is 1. The van der Waals surface area contributed by atoms with E-state index < -0.39 is 16.3 Å². The van der Waals surface area contributed by atoms with Crippen molar-refractivity contribution in [3.8, 4) is 11.3 Å². The molecule has 3 aromatic rings. The predicted molar refractivity (Wildman–Crippen MR) is 120 cm³/mol. The summed E-state index contributed by atoms with van der Waals surface area (Å²) in [4.78, 5) is 4.38. The topological polar surface area (TPSA) is 75.6 Å². The zero-order valence-corrected chi connectivity index (χ0v) is 19.0. The molecule has 31 heavy (non-hydrogen) atoms. The highest BCUT2D eigenvalue weighted by Gasteiger charge is 2.48. The quantitative estimate of drug-likeness (QED) is 0.546. The van der Waals surface area contributed by atoms with Gasteiger partial charge in [-0.2, -0.15) is 19.8 Å². The molecule has 7 nitrogen and oxygen atoms in total. The Bertz CT molecular complexity index is 1150. The lowest BCUT2D eigenvalue weighted by Crippen LogP contribution is -2.37. The molecule has 2 aliphatic rings. The predicted octanol–water partition coefficient (Wildman–Crippen LogP) is 3.24. The zero-order chi connectivity index (χ0) is 21.6. The molecule has 162 valence electrons. The summed E-state index contributed by atoms with van der Waals surface area (Å²) >= 11 is 1.63. The third kappa shape index (κ3) is 3.98. The van der Waals surface area contributed by atoms with E-state index in [0.717, 1.165) is 35.7 Å². The van der Waals surface area contributed by atoms with E-state index in [1.165, 1.54) is 0 Å². The Hall–Kier alpha value is -2.33. The van der Waals surface area contributed by atoms with E-state index in [1.54, 1.807) is 35.6 Å². The number of fused-ring (bicyclic) bond motifs is 1. The summed E-state index contributed by atoms with van der Waals surface area (Å²) in [6.07, 6.45) is -0.487. The molecular formula is C22H24N4O3S2. The summed E-state index contributed by atoms with van der Waals surface area (Å²) in [5.74, 6) is 1.22. The Morgan fingerprint density at radius 3 is 2.52 bits per heavy atom. The zero-order valence-electron chi connectivity index (χ0n) is 17.4. The molecule has 5 rings (SSSR count). The molecule has 2 saturated heterocycles. The fourth-order valence-corrected chi connectivity index (χ4v) is 6.27. The van der Waals surface area contributed by atoms with Crippen LogP contribution in [0.25, 0.3) is 11.3 Å². The minimum absolute atomic E-state index is 0.0866. The third-order valence-corrected chi connectivity index (χ3v) is 8.12. The van der Waals surface area contributed by atoms with Gasteiger partial charge in [-0.15, -0.1) is 10.2 Å². The van der Waals surface area contributed by atoms with Gasteiger partial charge in [0.1, 0.15) is 6.23 Å². The number of aromatic nitrogens is 2. The van der Waals surface area contributed by atoms with Crippen LogP contribution in [-0.4, -0.2) is 56.4 Å². The Balaban J connectivity index is 1.31. The fraction of sp³-hybridized carbons (Fsp3) is 0.364. The molecule has 0 radical (unpaired) electrons. The minimum atomic E-state index is -3.83. The molecule has 9 heteroatoms. The average Bonchev–Trinajstić information content (AvgIpc) is 3.48. The smallest absolute Gasteiger partial charge is 0.298 e. The summed E-state index contributed by atoms with van der Waals surface area (Å²) in [7, 11) is -1.91. The average molecular weight is 457 g/mol. The molecule has 0 bridgehead atoms. The fourth-order valence-electron chi connectivity index (χ4n) is 4.49. The maximum Gasteiger partial charge on any atom is 0.298 e. The van der Waals surface area contributed by atoms with Crippen molar-refractivity contribution in [1.29, 1.82) is 0 Å². The molecule has 3 atom stereocenters. The molecular weight excluding hydrogens is 432 g/mol. The summed E-state index contributed by atoms with van der Waals surface area (Å²) in [5, 5.41) is 12.9. The Morgan fingerprint density at radius 1 is 1.03 bits per heavy atom. The van der Waals surface area contributed by atoms with Crippen LogP contribution >= 0.6 is 11.3 Å². The number of hydrogen-bond donors (Lipinski definition) is 0. The van der Waals surface area contributed by atoms with Gasteiger partial charge >= 0.3 is 0 Å². The van der Waals surface area contributed by atoms with Gasteiger partial charge < -0.3 is 4.90 Å². The largest absolute Gasteiger partial charge is 0.354 e. The van der Waals surface area contributed by atoms with E-state index in [4.69, 9.17) is 4.18 Å². The Labute approximate surface area is 186 Å². The molecule has 4 heterocycles. The summed E-state index contributed by atoms with van der Waals surface area (Å²) < 4.78 is 31.4. The second-order valence-corrected chi connectivity index (χ2v) is 10.7. The minimum Gasteiger partial charge on any atom is -0.354 e. The monoisotopic (exact) mass is 456 g/mol. The lowest BCUT2D eigenvalue weighted by molar-refractivity contribution is 0.0568. The van der Waals surface area contributed by atoms with Crippen molar-refractivity contribution in [3.63, 3.8) is 0 Å². The van der Waals surface area contributed by atoms with Crippen LogP contribution in [0, 0.1) is 18.8 Å². The number of likely N-dealkylation sites (tertiary alicyclic amines) is 1. The number of thiophene rings is 1. The van der Waals surface area contributed by atoms with Crippen molar-refractivity contribution >= 4 is 27.3 Å². The first-order valence-corrected chi connectivity index (χ1v) is 12.6. The molecule has 2 aliphatic heterocycles. The first-order valence-electron chi connectivity index (χ1n) is 10.2. The molecule has 0 saturated carbocycles. The van der Waals surface area contributed by atoms with Crippen molar-refractivity contribution in [2.75, 3.05) is 31.6 Å². The molecule has 0 spiro atoms. The second-order valence-electron chi connectivity index (χ2n) is 8.31. The maximum atomic E-state index is 12.9. The number of hydrogen-bond acceptors (Lipinski definition) is 8. The summed E-state index contributed by atoms with van der Waals surface area (Å²) in [6.45, 7) is 4.21. The first kappa shape index (κ1) is 20.6. The van der Waals surface area contributed by atoms with Crippen molar-refractivity contribution in [3.05, 3.63) is 58.8 Å². The molecule has 0 aliphatic carbocycles. The van der Waals surface area contributed by atoms with E-state index in [2.05, 4.69) is 20.5 Å². The van der Waals surface area contributed by atoms with Crippen molar-refractivity contribution < 1.29 is 12.6 Å². The second kappa shape index (κ2) is 7.98. The van der Waals surface area contributed by atoms with Crippen LogP contribution in [0.5, 0.6) is 0 Å². The normalized spacial score (nSPS) is 23.9. The van der Waals surface area contributed by atoms with Crippen molar-refractivity contribution in [2.24, 2.45) is 11.8 Å². The van der Waals surface area contributed by atoms with Crippen LogP contribution in [0.15, 0.2) is 58.1 Å². The van der Waals surface area contributed by atoms with Gasteiger partial charge in [-0.3, -0.25) is 4.90 Å². The van der Waals surface area contributed by atoms with Crippen LogP contribution in [0.4, 0.5) is 5.82 Å². The van der Waals surface area contributed by atoms with Gasteiger partial charge in [0.2, 0.25) is 0 Å². The van der Waals surface area contributed by atoms with Crippen LogP contribution in [-0.2, 0) is 14.3 Å². The molecule has 0 N–H and O–H groups in total. The SMILES string of the molecule is Cc1ccc(S(=O)(=O)OC2C3CN(c4ccc(-c5ccsc5)nn4)CC3CN2C)cc1. The maximum absolute atomic E-state index is 12.9. The van der Waals surface area contributed by atoms with E-state index >= 15 is 0 Å². The summed E-state index contributed by atoms with van der Waals surface area (Å²) in [5.41, 5.74) is 2.93. The lowest BCUT2D eigenvalue weighted by Gasteiger charge is -2.26. The molecule has 0 amide bonds. The van der Waals surface area contributed by atoms with Crippen molar-refractivity contribution in [2.45, 2.75) is 18.0 Å². The number of rotatable bonds is 5. The van der Waals surface area contributed by atoms with Crippen molar-refractivity contribution in [1.82, 2.24) is 15.1 Å². The van der Waals surface area contributed by atoms with Gasteiger partial charge in [0.05, 0.1) is 10.6 Å². The highest BCUT2D eigenvalue weighted by Crippen LogP contribution is 2.38. The highest BCUT2D eigenvalue weighted by molar-refractivity contribution is 7.86. The Morgan fingerprint density at radius 2 is 1.84 bits per heavy atom. The standard InChI is InChI=1S/C22H24N4O3S2/c1-15-3-5-18(6-4-15)31(27,28)29-22-19-13-26(12-17(19)11-25(22)2)21-8-7-20(23-24-21)16-9-10-30-14-16/h3-10,14,17,19,22H,11-13H2,1-2H3. The Kier molecular flexibility index (Phi) is 5.29. The molecule has 2 aromatic heterocycles. The van der Waals surface area contributed by atoms with Gasteiger partial charge in [-0.1, -0.05) is 17.7 Å². The number of anilines is 1. The van der Waals surface area contributed by atoms with E-state index in [9.17, 15) is 8.42 Å². The lowest BCUT2D eigenvalue weighted by atomic mass is 10.00. The van der Waals surface area contributed by atoms with Crippen LogP contribution in [0.3, 0.4) is 0 Å². The summed E-state index contributed by atoms with van der Waals surface area (Å²) in [6, 6.07) is 12.8. The molecule has 2 fully saturated rings. The van der Waals surface area contributed by atoms with Gasteiger partial charge in [-0.25, -0.2) is 4.18 Å². The van der Waals surface area contributed by atoms with Crippen LogP contribution in [0.1, 0.15) is 5.56 Å². The van der Waals surface area contributed by atoms with Gasteiger partial charge in [0.25, 0.3) is 10.1 Å². The van der Waals surface area contributed by atoms with E-state index in [0.29, 0.717) is 12.5 Å². The number of aryl methyl sites for hydroxylation is 1. The first-order chi connectivity index (χ1) is 14.9. The van der Waals surface area contributed by atoms with E-state index in [-0.39, 0.29) is 10.8 Å². The van der Waals surface area contributed by atoms with Crippen LogP contribution in [0.2, 0.25) is 0 Å². The van der Waals surface area contributed by atoms with E-state index in [1.807, 2.05) is 42.5 Å². The number of nitrogens with zero attached hydrogens (tertiary/aromatic N) is 4. The molecule has 3 unspecified atom stereocenters. The van der Waals surface area contributed by atoms with Crippen LogP contribution < -0.4 is 4.90 Å². The third-order valence-electron chi connectivity index (χ3n) is 6.14. The molecule has 1 aromatic carbocycles. The van der Waals surface area contributed by atoms with Gasteiger partial charge in [0, 0.05) is 36.5 Å². The van der Waals surface area contributed by atoms with Gasteiger partial charge in [-0.05, 0) is 55.6 Å². The van der Waals surface area contributed by atoms with Gasteiger partial charge in [0.15, 0.2) is 5.82 Å². The highest BCUT2D eigenvalue weighted by atomic mass is 32.2.